The van der Waals surface area contributed by atoms with Crippen LogP contribution in [0, 0.1) is 28.7 Å². The minimum Gasteiger partial charge on any atom is -0.494 e. The maximum absolute atomic E-state index is 12.7. The second-order valence-corrected chi connectivity index (χ2v) is 7.97. The summed E-state index contributed by atoms with van der Waals surface area (Å²) in [5, 5.41) is 12.4. The third-order valence-electron chi connectivity index (χ3n) is 4.62. The number of amides is 1. The second kappa shape index (κ2) is 9.63. The van der Waals surface area contributed by atoms with Crippen molar-refractivity contribution in [1.29, 1.82) is 5.26 Å². The molecule has 3 rings (SSSR count). The smallest absolute Gasteiger partial charge is 0.266 e. The van der Waals surface area contributed by atoms with E-state index in [1.165, 1.54) is 0 Å². The number of ether oxygens (including phenoxy) is 1. The molecule has 152 valence electrons. The molecule has 0 atom stereocenters. The fourth-order valence-electron chi connectivity index (χ4n) is 3.25. The van der Waals surface area contributed by atoms with Gasteiger partial charge in [-0.1, -0.05) is 6.07 Å². The Labute approximate surface area is 190 Å². The van der Waals surface area contributed by atoms with Gasteiger partial charge in [0.05, 0.1) is 6.61 Å². The van der Waals surface area contributed by atoms with E-state index in [2.05, 4.69) is 56.7 Å². The van der Waals surface area contributed by atoms with E-state index >= 15 is 0 Å². The predicted molar refractivity (Wildman–Crippen MR) is 128 cm³/mol. The van der Waals surface area contributed by atoms with Crippen LogP contribution in [0.4, 0.5) is 5.69 Å². The molecule has 0 aliphatic heterocycles. The maximum Gasteiger partial charge on any atom is 0.266 e. The normalized spacial score (nSPS) is 11.1. The average Bonchev–Trinajstić information content (AvgIpc) is 3.00. The predicted octanol–water partition coefficient (Wildman–Crippen LogP) is 5.64. The van der Waals surface area contributed by atoms with Crippen molar-refractivity contribution in [1.82, 2.24) is 4.57 Å². The lowest BCUT2D eigenvalue weighted by Gasteiger charge is -2.10. The molecular formula is C24H22IN3O2. The van der Waals surface area contributed by atoms with Crippen molar-refractivity contribution in [2.45, 2.75) is 20.8 Å². The second-order valence-electron chi connectivity index (χ2n) is 6.72. The number of halogens is 1. The van der Waals surface area contributed by atoms with E-state index in [4.69, 9.17) is 4.74 Å². The third kappa shape index (κ3) is 4.92. The molecule has 5 nitrogen and oxygen atoms in total. The van der Waals surface area contributed by atoms with Gasteiger partial charge in [-0.15, -0.1) is 0 Å². The van der Waals surface area contributed by atoms with Gasteiger partial charge in [0, 0.05) is 32.4 Å². The maximum atomic E-state index is 12.7. The van der Waals surface area contributed by atoms with Gasteiger partial charge >= 0.3 is 0 Å². The van der Waals surface area contributed by atoms with Crippen LogP contribution in [-0.4, -0.2) is 17.1 Å². The molecule has 0 saturated carbocycles. The summed E-state index contributed by atoms with van der Waals surface area (Å²) in [6.07, 6.45) is 1.63. The highest BCUT2D eigenvalue weighted by Crippen LogP contribution is 2.24. The first-order valence-electron chi connectivity index (χ1n) is 9.53. The van der Waals surface area contributed by atoms with Crippen LogP contribution >= 0.6 is 22.6 Å². The number of hydrogen-bond acceptors (Lipinski definition) is 3. The topological polar surface area (TPSA) is 67.0 Å². The molecule has 0 unspecified atom stereocenters. The zero-order valence-corrected chi connectivity index (χ0v) is 19.2. The summed E-state index contributed by atoms with van der Waals surface area (Å²) >= 11 is 2.27. The van der Waals surface area contributed by atoms with Crippen molar-refractivity contribution in [2.75, 3.05) is 11.9 Å². The van der Waals surface area contributed by atoms with Gasteiger partial charge < -0.3 is 14.6 Å². The van der Waals surface area contributed by atoms with Crippen LogP contribution in [0.1, 0.15) is 23.9 Å². The van der Waals surface area contributed by atoms with Crippen molar-refractivity contribution >= 4 is 40.3 Å². The van der Waals surface area contributed by atoms with Gasteiger partial charge in [-0.05, 0) is 97.5 Å². The van der Waals surface area contributed by atoms with Gasteiger partial charge in [0.1, 0.15) is 17.4 Å². The first-order chi connectivity index (χ1) is 14.4. The summed E-state index contributed by atoms with van der Waals surface area (Å²) in [5.41, 5.74) is 4.49. The fraction of sp³-hybridized carbons (Fsp3) is 0.167. The van der Waals surface area contributed by atoms with Gasteiger partial charge in [-0.3, -0.25) is 4.79 Å². The molecule has 1 amide bonds. The standard InChI is InChI=1S/C24H22IN3O2/c1-4-30-23-7-5-6-21(14-23)27-24(29)19(15-26)13-18-12-16(2)28(17(18)3)22-10-8-20(25)9-11-22/h5-14H,4H2,1-3H3,(H,27,29)/b19-13+. The van der Waals surface area contributed by atoms with E-state index in [0.29, 0.717) is 18.0 Å². The largest absolute Gasteiger partial charge is 0.494 e. The monoisotopic (exact) mass is 511 g/mol. The number of anilines is 1. The minimum absolute atomic E-state index is 0.0414. The summed E-state index contributed by atoms with van der Waals surface area (Å²) in [6, 6.07) is 19.3. The Morgan fingerprint density at radius 1 is 1.20 bits per heavy atom. The highest BCUT2D eigenvalue weighted by atomic mass is 127. The van der Waals surface area contributed by atoms with Crippen LogP contribution in [0.15, 0.2) is 60.2 Å². The zero-order chi connectivity index (χ0) is 21.7. The molecule has 0 radical (unpaired) electrons. The molecule has 0 bridgehead atoms. The summed E-state index contributed by atoms with van der Waals surface area (Å²) in [4.78, 5) is 12.7. The Morgan fingerprint density at radius 2 is 1.93 bits per heavy atom. The van der Waals surface area contributed by atoms with E-state index in [1.807, 2.05) is 39.0 Å². The number of carbonyl (C=O) groups excluding carboxylic acids is 1. The number of benzene rings is 2. The molecular weight excluding hydrogens is 489 g/mol. The van der Waals surface area contributed by atoms with Crippen LogP contribution < -0.4 is 10.1 Å². The number of aromatic nitrogens is 1. The van der Waals surface area contributed by atoms with Crippen molar-refractivity contribution in [2.24, 2.45) is 0 Å². The number of aryl methyl sites for hydroxylation is 1. The van der Waals surface area contributed by atoms with E-state index < -0.39 is 5.91 Å². The molecule has 1 heterocycles. The Morgan fingerprint density at radius 3 is 2.60 bits per heavy atom. The van der Waals surface area contributed by atoms with Crippen LogP contribution in [0.3, 0.4) is 0 Å². The number of nitrogens with zero attached hydrogens (tertiary/aromatic N) is 2. The number of rotatable bonds is 6. The van der Waals surface area contributed by atoms with E-state index in [-0.39, 0.29) is 5.57 Å². The number of carbonyl (C=O) groups is 1. The van der Waals surface area contributed by atoms with E-state index in [9.17, 15) is 10.1 Å². The molecule has 0 aliphatic carbocycles. The van der Waals surface area contributed by atoms with E-state index in [1.54, 1.807) is 24.3 Å². The number of hydrogen-bond donors (Lipinski definition) is 1. The number of nitrogens with one attached hydrogen (secondary N) is 1. The highest BCUT2D eigenvalue weighted by Gasteiger charge is 2.14. The van der Waals surface area contributed by atoms with Crippen LogP contribution in [0.5, 0.6) is 5.75 Å². The van der Waals surface area contributed by atoms with Gasteiger partial charge in [0.25, 0.3) is 5.91 Å². The fourth-order valence-corrected chi connectivity index (χ4v) is 3.61. The lowest BCUT2D eigenvalue weighted by molar-refractivity contribution is -0.112. The minimum atomic E-state index is -0.454. The lowest BCUT2D eigenvalue weighted by Crippen LogP contribution is -2.13. The van der Waals surface area contributed by atoms with Gasteiger partial charge in [-0.2, -0.15) is 5.26 Å². The molecule has 0 fully saturated rings. The SMILES string of the molecule is CCOc1cccc(NC(=O)/C(C#N)=C/c2cc(C)n(-c3ccc(I)cc3)c2C)c1. The Hall–Kier alpha value is -3.05. The van der Waals surface area contributed by atoms with Gasteiger partial charge in [0.2, 0.25) is 0 Å². The number of nitriles is 1. The van der Waals surface area contributed by atoms with E-state index in [0.717, 1.165) is 26.2 Å². The first-order valence-corrected chi connectivity index (χ1v) is 10.6. The molecule has 2 aromatic carbocycles. The quantitative estimate of drug-likeness (QED) is 0.265. The lowest BCUT2D eigenvalue weighted by atomic mass is 10.1. The van der Waals surface area contributed by atoms with Crippen molar-refractivity contribution in [3.05, 3.63) is 80.7 Å². The average molecular weight is 511 g/mol. The van der Waals surface area contributed by atoms with Crippen molar-refractivity contribution in [3.63, 3.8) is 0 Å². The summed E-state index contributed by atoms with van der Waals surface area (Å²) in [5.74, 6) is 0.212. The summed E-state index contributed by atoms with van der Waals surface area (Å²) in [7, 11) is 0. The van der Waals surface area contributed by atoms with Gasteiger partial charge in [0.15, 0.2) is 0 Å². The van der Waals surface area contributed by atoms with Crippen LogP contribution in [0.25, 0.3) is 11.8 Å². The summed E-state index contributed by atoms with van der Waals surface area (Å²) in [6.45, 7) is 6.42. The van der Waals surface area contributed by atoms with Crippen LogP contribution in [-0.2, 0) is 4.79 Å². The van der Waals surface area contributed by atoms with Gasteiger partial charge in [-0.25, -0.2) is 0 Å². The molecule has 6 heteroatoms. The highest BCUT2D eigenvalue weighted by molar-refractivity contribution is 14.1. The molecule has 0 aliphatic rings. The molecule has 1 N–H and O–H groups in total. The first kappa shape index (κ1) is 21.7. The molecule has 3 aromatic rings. The Bertz CT molecular complexity index is 1140. The van der Waals surface area contributed by atoms with Crippen LogP contribution in [0.2, 0.25) is 0 Å². The molecule has 30 heavy (non-hydrogen) atoms. The third-order valence-corrected chi connectivity index (χ3v) is 5.34. The molecule has 1 aromatic heterocycles. The van der Waals surface area contributed by atoms with Crippen molar-refractivity contribution < 1.29 is 9.53 Å². The molecule has 0 spiro atoms. The summed E-state index contributed by atoms with van der Waals surface area (Å²) < 4.78 is 8.73. The Balaban J connectivity index is 1.88. The van der Waals surface area contributed by atoms with Crippen molar-refractivity contribution in [3.8, 4) is 17.5 Å². The zero-order valence-electron chi connectivity index (χ0n) is 17.1. The Kier molecular flexibility index (Phi) is 6.95. The molecule has 0 saturated heterocycles.